The van der Waals surface area contributed by atoms with Crippen molar-refractivity contribution in [3.05, 3.63) is 71.0 Å². The highest BCUT2D eigenvalue weighted by Gasteiger charge is 2.42. The molecule has 2 saturated heterocycles. The van der Waals surface area contributed by atoms with Crippen LogP contribution in [-0.2, 0) is 17.8 Å². The molecule has 3 heteroatoms. The second-order valence-corrected chi connectivity index (χ2v) is 7.93. The molecule has 2 nitrogen and oxygen atoms in total. The molecule has 2 heterocycles. The van der Waals surface area contributed by atoms with Crippen LogP contribution in [-0.4, -0.2) is 22.8 Å². The Labute approximate surface area is 155 Å². The standard InChI is InChI=1S/C23H26FNO/c1-16-11-20(24)8-7-18(16)14-23(26)19-12-21-9-10-22(13-19)25(21)15-17-5-3-2-4-6-17/h2-8,11,19,21-22H,9-10,12-15H2,1H3. The lowest BCUT2D eigenvalue weighted by Gasteiger charge is -2.38. The normalized spacial score (nSPS) is 25.4. The van der Waals surface area contributed by atoms with Crippen molar-refractivity contribution in [2.45, 2.75) is 57.7 Å². The van der Waals surface area contributed by atoms with Crippen LogP contribution >= 0.6 is 0 Å². The second kappa shape index (κ2) is 7.32. The van der Waals surface area contributed by atoms with Gasteiger partial charge in [0.15, 0.2) is 0 Å². The van der Waals surface area contributed by atoms with Gasteiger partial charge >= 0.3 is 0 Å². The van der Waals surface area contributed by atoms with Crippen molar-refractivity contribution in [3.8, 4) is 0 Å². The maximum atomic E-state index is 13.3. The van der Waals surface area contributed by atoms with Crippen LogP contribution in [0, 0.1) is 18.7 Å². The molecular formula is C23H26FNO. The molecular weight excluding hydrogens is 325 g/mol. The number of rotatable bonds is 5. The van der Waals surface area contributed by atoms with E-state index in [4.69, 9.17) is 0 Å². The Bertz CT molecular complexity index is 774. The lowest BCUT2D eigenvalue weighted by molar-refractivity contribution is -0.124. The molecule has 0 aromatic heterocycles. The van der Waals surface area contributed by atoms with Crippen LogP contribution in [0.15, 0.2) is 48.5 Å². The van der Waals surface area contributed by atoms with E-state index in [1.165, 1.54) is 30.5 Å². The zero-order valence-corrected chi connectivity index (χ0v) is 15.3. The molecule has 2 aromatic rings. The van der Waals surface area contributed by atoms with Gasteiger partial charge in [0.1, 0.15) is 11.6 Å². The summed E-state index contributed by atoms with van der Waals surface area (Å²) in [5.41, 5.74) is 3.20. The third kappa shape index (κ3) is 3.59. The Hall–Kier alpha value is -2.00. The van der Waals surface area contributed by atoms with Gasteiger partial charge in [0.25, 0.3) is 0 Å². The quantitative estimate of drug-likeness (QED) is 0.779. The molecule has 0 N–H and O–H groups in total. The molecule has 2 aliphatic rings. The Balaban J connectivity index is 1.41. The van der Waals surface area contributed by atoms with E-state index in [9.17, 15) is 9.18 Å². The number of hydrogen-bond acceptors (Lipinski definition) is 2. The van der Waals surface area contributed by atoms with Gasteiger partial charge in [0.2, 0.25) is 0 Å². The maximum Gasteiger partial charge on any atom is 0.140 e. The molecule has 0 saturated carbocycles. The lowest BCUT2D eigenvalue weighted by atomic mass is 9.84. The summed E-state index contributed by atoms with van der Waals surface area (Å²) in [6, 6.07) is 16.4. The van der Waals surface area contributed by atoms with Gasteiger partial charge in [-0.15, -0.1) is 0 Å². The third-order valence-corrected chi connectivity index (χ3v) is 6.22. The molecule has 2 unspecified atom stereocenters. The van der Waals surface area contributed by atoms with Crippen molar-refractivity contribution < 1.29 is 9.18 Å². The molecule has 4 rings (SSSR count). The van der Waals surface area contributed by atoms with E-state index in [0.29, 0.717) is 24.3 Å². The number of carbonyl (C=O) groups excluding carboxylic acids is 1. The van der Waals surface area contributed by atoms with Gasteiger partial charge in [-0.3, -0.25) is 9.69 Å². The summed E-state index contributed by atoms with van der Waals surface area (Å²) in [5, 5.41) is 0. The fourth-order valence-electron chi connectivity index (χ4n) is 4.78. The van der Waals surface area contributed by atoms with Crippen molar-refractivity contribution in [2.24, 2.45) is 5.92 Å². The van der Waals surface area contributed by atoms with Gasteiger partial charge in [0, 0.05) is 31.0 Å². The summed E-state index contributed by atoms with van der Waals surface area (Å²) in [5.74, 6) is 0.255. The topological polar surface area (TPSA) is 20.3 Å². The molecule has 2 aromatic carbocycles. The third-order valence-electron chi connectivity index (χ3n) is 6.22. The first-order valence-electron chi connectivity index (χ1n) is 9.67. The average Bonchev–Trinajstić information content (AvgIpc) is 2.86. The molecule has 2 fully saturated rings. The predicted octanol–water partition coefficient (Wildman–Crippen LogP) is 4.69. The molecule has 0 amide bonds. The van der Waals surface area contributed by atoms with Crippen LogP contribution in [0.3, 0.4) is 0 Å². The summed E-state index contributed by atoms with van der Waals surface area (Å²) >= 11 is 0. The SMILES string of the molecule is Cc1cc(F)ccc1CC(=O)C1CC2CCC(C1)N2Cc1ccccc1. The minimum atomic E-state index is -0.231. The minimum Gasteiger partial charge on any atom is -0.299 e. The number of Topliss-reactive ketones (excluding diaryl/α,β-unsaturated/α-hetero) is 1. The number of fused-ring (bicyclic) bond motifs is 2. The first-order valence-corrected chi connectivity index (χ1v) is 9.67. The maximum absolute atomic E-state index is 13.3. The number of nitrogens with zero attached hydrogens (tertiary/aromatic N) is 1. The van der Waals surface area contributed by atoms with E-state index in [1.807, 2.05) is 6.92 Å². The van der Waals surface area contributed by atoms with Crippen LogP contribution in [0.4, 0.5) is 4.39 Å². The lowest BCUT2D eigenvalue weighted by Crippen LogP contribution is -2.44. The van der Waals surface area contributed by atoms with Crippen LogP contribution in [0.1, 0.15) is 42.4 Å². The molecule has 0 spiro atoms. The second-order valence-electron chi connectivity index (χ2n) is 7.93. The highest BCUT2D eigenvalue weighted by molar-refractivity contribution is 5.83. The fraction of sp³-hybridized carbons (Fsp3) is 0.435. The van der Waals surface area contributed by atoms with Gasteiger partial charge in [-0.25, -0.2) is 4.39 Å². The van der Waals surface area contributed by atoms with E-state index in [1.54, 1.807) is 6.07 Å². The van der Waals surface area contributed by atoms with E-state index in [0.717, 1.165) is 30.5 Å². The van der Waals surface area contributed by atoms with E-state index in [2.05, 4.69) is 35.2 Å². The Morgan fingerprint density at radius 1 is 1.08 bits per heavy atom. The average molecular weight is 351 g/mol. The van der Waals surface area contributed by atoms with E-state index in [-0.39, 0.29) is 11.7 Å². The number of benzene rings is 2. The molecule has 2 atom stereocenters. The summed E-state index contributed by atoms with van der Waals surface area (Å²) in [4.78, 5) is 15.5. The summed E-state index contributed by atoms with van der Waals surface area (Å²) < 4.78 is 13.3. The van der Waals surface area contributed by atoms with Crippen molar-refractivity contribution in [1.82, 2.24) is 4.90 Å². The minimum absolute atomic E-state index is 0.156. The predicted molar refractivity (Wildman–Crippen MR) is 101 cm³/mol. The van der Waals surface area contributed by atoms with Crippen molar-refractivity contribution in [2.75, 3.05) is 0 Å². The smallest absolute Gasteiger partial charge is 0.140 e. The van der Waals surface area contributed by atoms with Crippen molar-refractivity contribution in [1.29, 1.82) is 0 Å². The van der Waals surface area contributed by atoms with Crippen molar-refractivity contribution in [3.63, 3.8) is 0 Å². The first-order chi connectivity index (χ1) is 12.6. The van der Waals surface area contributed by atoms with Crippen LogP contribution in [0.5, 0.6) is 0 Å². The molecule has 2 bridgehead atoms. The Morgan fingerprint density at radius 2 is 1.77 bits per heavy atom. The van der Waals surface area contributed by atoms with Gasteiger partial charge in [-0.1, -0.05) is 36.4 Å². The van der Waals surface area contributed by atoms with Crippen molar-refractivity contribution >= 4 is 5.78 Å². The molecule has 136 valence electrons. The Morgan fingerprint density at radius 3 is 2.42 bits per heavy atom. The number of hydrogen-bond donors (Lipinski definition) is 0. The molecule has 0 aliphatic carbocycles. The van der Waals surface area contributed by atoms with Crippen LogP contribution < -0.4 is 0 Å². The van der Waals surface area contributed by atoms with Crippen LogP contribution in [0.25, 0.3) is 0 Å². The first kappa shape index (κ1) is 17.4. The largest absolute Gasteiger partial charge is 0.299 e. The zero-order chi connectivity index (χ0) is 18.1. The highest BCUT2D eigenvalue weighted by Crippen LogP contribution is 2.40. The number of aryl methyl sites for hydroxylation is 1. The van der Waals surface area contributed by atoms with Gasteiger partial charge in [0.05, 0.1) is 0 Å². The summed E-state index contributed by atoms with van der Waals surface area (Å²) in [6.45, 7) is 2.88. The van der Waals surface area contributed by atoms with Gasteiger partial charge < -0.3 is 0 Å². The number of piperidine rings is 1. The Kier molecular flexibility index (Phi) is 4.90. The van der Waals surface area contributed by atoms with E-state index >= 15 is 0 Å². The number of ketones is 1. The van der Waals surface area contributed by atoms with Gasteiger partial charge in [-0.2, -0.15) is 0 Å². The highest BCUT2D eigenvalue weighted by atomic mass is 19.1. The zero-order valence-electron chi connectivity index (χ0n) is 15.3. The summed E-state index contributed by atoms with van der Waals surface area (Å²) in [6.07, 6.45) is 4.80. The van der Waals surface area contributed by atoms with Gasteiger partial charge in [-0.05, 0) is 61.4 Å². The fourth-order valence-corrected chi connectivity index (χ4v) is 4.78. The number of carbonyl (C=O) groups is 1. The molecule has 2 aliphatic heterocycles. The molecule has 0 radical (unpaired) electrons. The van der Waals surface area contributed by atoms with Crippen LogP contribution in [0.2, 0.25) is 0 Å². The monoisotopic (exact) mass is 351 g/mol. The van der Waals surface area contributed by atoms with E-state index < -0.39 is 0 Å². The number of halogens is 1. The molecule has 26 heavy (non-hydrogen) atoms. The summed E-state index contributed by atoms with van der Waals surface area (Å²) in [7, 11) is 0.